The number of benzene rings is 1. The van der Waals surface area contributed by atoms with Crippen molar-refractivity contribution >= 4 is 29.0 Å². The number of ether oxygens (including phenoxy) is 3. The Hall–Kier alpha value is -3.89. The quantitative estimate of drug-likeness (QED) is 0.631. The van der Waals surface area contributed by atoms with Crippen LogP contribution in [0.15, 0.2) is 29.2 Å². The lowest BCUT2D eigenvalue weighted by atomic mass is 10.1. The normalized spacial score (nSPS) is 10.6. The lowest BCUT2D eigenvalue weighted by Gasteiger charge is -2.14. The number of hydrogen-bond acceptors (Lipinski definition) is 8. The summed E-state index contributed by atoms with van der Waals surface area (Å²) in [4.78, 5) is 43.8. The van der Waals surface area contributed by atoms with Crippen LogP contribution in [0.5, 0.6) is 5.75 Å². The van der Waals surface area contributed by atoms with Gasteiger partial charge in [0.1, 0.15) is 11.3 Å². The first kappa shape index (κ1) is 19.9. The van der Waals surface area contributed by atoms with Crippen molar-refractivity contribution in [1.29, 1.82) is 0 Å². The van der Waals surface area contributed by atoms with Gasteiger partial charge in [-0.15, -0.1) is 0 Å². The second-order valence-corrected chi connectivity index (χ2v) is 5.97. The molecule has 1 aromatic carbocycles. The minimum absolute atomic E-state index is 0.0360. The van der Waals surface area contributed by atoms with Crippen LogP contribution in [-0.2, 0) is 16.0 Å². The fraction of sp³-hybridized carbons (Fsp3) is 0.278. The zero-order valence-corrected chi connectivity index (χ0v) is 16.3. The number of aromatic amines is 1. The Balaban J connectivity index is 1.99. The summed E-state index contributed by atoms with van der Waals surface area (Å²) < 4.78 is 16.1. The van der Waals surface area contributed by atoms with Crippen molar-refractivity contribution in [3.63, 3.8) is 0 Å². The van der Waals surface area contributed by atoms with E-state index in [-0.39, 0.29) is 18.0 Å². The standard InChI is InChI=1S/C18H19N5O6/c1-22(18(26)29-4)17-20-12-8-19-23(14(12)15(24)21-17)9-11-6-5-10(16(25)28-3)7-13(11)27-2/h5-8H,9H2,1-4H3,(H,20,21,24). The molecule has 11 heteroatoms. The Morgan fingerprint density at radius 2 is 1.97 bits per heavy atom. The summed E-state index contributed by atoms with van der Waals surface area (Å²) in [6, 6.07) is 4.85. The maximum absolute atomic E-state index is 12.6. The van der Waals surface area contributed by atoms with E-state index in [1.54, 1.807) is 18.2 Å². The monoisotopic (exact) mass is 401 g/mol. The average Bonchev–Trinajstić information content (AvgIpc) is 3.15. The van der Waals surface area contributed by atoms with E-state index in [0.29, 0.717) is 22.4 Å². The Morgan fingerprint density at radius 3 is 2.62 bits per heavy atom. The number of carbonyl (C=O) groups is 2. The Morgan fingerprint density at radius 1 is 1.21 bits per heavy atom. The fourth-order valence-corrected chi connectivity index (χ4v) is 2.78. The van der Waals surface area contributed by atoms with Gasteiger partial charge in [-0.05, 0) is 12.1 Å². The van der Waals surface area contributed by atoms with Crippen molar-refractivity contribution in [3.05, 3.63) is 45.9 Å². The Kier molecular flexibility index (Phi) is 5.48. The molecule has 3 rings (SSSR count). The van der Waals surface area contributed by atoms with Crippen LogP contribution in [0.2, 0.25) is 0 Å². The minimum Gasteiger partial charge on any atom is -0.496 e. The van der Waals surface area contributed by atoms with E-state index in [1.165, 1.54) is 39.3 Å². The molecule has 0 aliphatic carbocycles. The third-order valence-electron chi connectivity index (χ3n) is 4.28. The summed E-state index contributed by atoms with van der Waals surface area (Å²) >= 11 is 0. The highest BCUT2D eigenvalue weighted by atomic mass is 16.5. The van der Waals surface area contributed by atoms with E-state index in [1.807, 2.05) is 0 Å². The first-order valence-electron chi connectivity index (χ1n) is 8.42. The summed E-state index contributed by atoms with van der Waals surface area (Å²) in [5.41, 5.74) is 1.10. The van der Waals surface area contributed by atoms with Gasteiger partial charge < -0.3 is 14.2 Å². The molecule has 0 spiro atoms. The van der Waals surface area contributed by atoms with Crippen LogP contribution < -0.4 is 15.2 Å². The van der Waals surface area contributed by atoms with Crippen LogP contribution in [0, 0.1) is 0 Å². The molecule has 0 aliphatic heterocycles. The summed E-state index contributed by atoms with van der Waals surface area (Å²) in [5.74, 6) is -0.000757. The number of nitrogens with zero attached hydrogens (tertiary/aromatic N) is 4. The van der Waals surface area contributed by atoms with Gasteiger partial charge in [-0.2, -0.15) is 5.10 Å². The maximum atomic E-state index is 12.6. The summed E-state index contributed by atoms with van der Waals surface area (Å²) in [6.07, 6.45) is 0.754. The number of H-pyrrole nitrogens is 1. The van der Waals surface area contributed by atoms with Gasteiger partial charge in [0.2, 0.25) is 5.95 Å². The average molecular weight is 401 g/mol. The molecule has 0 atom stereocenters. The predicted molar refractivity (Wildman–Crippen MR) is 102 cm³/mol. The third kappa shape index (κ3) is 3.74. The minimum atomic E-state index is -0.671. The molecule has 11 nitrogen and oxygen atoms in total. The predicted octanol–water partition coefficient (Wildman–Crippen LogP) is 1.17. The molecular formula is C18H19N5O6. The Bertz CT molecular complexity index is 1140. The zero-order valence-electron chi connectivity index (χ0n) is 16.3. The summed E-state index contributed by atoms with van der Waals surface area (Å²) in [6.45, 7) is 0.199. The number of hydrogen-bond donors (Lipinski definition) is 1. The highest BCUT2D eigenvalue weighted by Gasteiger charge is 2.18. The van der Waals surface area contributed by atoms with Crippen LogP contribution in [0.25, 0.3) is 11.0 Å². The molecule has 0 bridgehead atoms. The molecule has 1 amide bonds. The molecule has 1 N–H and O–H groups in total. The van der Waals surface area contributed by atoms with E-state index in [0.717, 1.165) is 4.90 Å². The van der Waals surface area contributed by atoms with Crippen molar-refractivity contribution in [3.8, 4) is 5.75 Å². The third-order valence-corrected chi connectivity index (χ3v) is 4.28. The number of rotatable bonds is 5. The number of anilines is 1. The Labute approximate surface area is 164 Å². The first-order valence-corrected chi connectivity index (χ1v) is 8.42. The second-order valence-electron chi connectivity index (χ2n) is 5.97. The molecule has 0 saturated heterocycles. The lowest BCUT2D eigenvalue weighted by molar-refractivity contribution is 0.0600. The summed E-state index contributed by atoms with van der Waals surface area (Å²) in [7, 11) is 5.43. The van der Waals surface area contributed by atoms with Crippen molar-refractivity contribution in [2.75, 3.05) is 33.3 Å². The van der Waals surface area contributed by atoms with E-state index in [4.69, 9.17) is 9.47 Å². The van der Waals surface area contributed by atoms with Crippen molar-refractivity contribution in [2.45, 2.75) is 6.54 Å². The van der Waals surface area contributed by atoms with Crippen LogP contribution in [0.4, 0.5) is 10.7 Å². The topological polar surface area (TPSA) is 129 Å². The number of amides is 1. The number of esters is 1. The maximum Gasteiger partial charge on any atom is 0.416 e. The van der Waals surface area contributed by atoms with Gasteiger partial charge in [0, 0.05) is 12.6 Å². The number of methoxy groups -OCH3 is 3. The zero-order chi connectivity index (χ0) is 21.1. The van der Waals surface area contributed by atoms with Crippen molar-refractivity contribution in [1.82, 2.24) is 19.7 Å². The first-order chi connectivity index (χ1) is 13.9. The van der Waals surface area contributed by atoms with E-state index in [9.17, 15) is 14.4 Å². The molecular weight excluding hydrogens is 382 g/mol. The SMILES string of the molecule is COC(=O)c1ccc(Cn2ncc3nc(N(C)C(=O)OC)[nH]c(=O)c32)c(OC)c1. The fourth-order valence-electron chi connectivity index (χ4n) is 2.78. The molecule has 3 aromatic rings. The van der Waals surface area contributed by atoms with Gasteiger partial charge in [0.25, 0.3) is 5.56 Å². The second kappa shape index (κ2) is 8.00. The number of fused-ring (bicyclic) bond motifs is 1. The van der Waals surface area contributed by atoms with E-state index < -0.39 is 17.6 Å². The van der Waals surface area contributed by atoms with E-state index >= 15 is 0 Å². The number of aromatic nitrogens is 4. The van der Waals surface area contributed by atoms with Crippen LogP contribution in [0.1, 0.15) is 15.9 Å². The van der Waals surface area contributed by atoms with Crippen LogP contribution in [-0.4, -0.2) is 60.2 Å². The van der Waals surface area contributed by atoms with Gasteiger partial charge in [0.05, 0.1) is 39.6 Å². The van der Waals surface area contributed by atoms with Gasteiger partial charge in [-0.1, -0.05) is 6.07 Å². The molecule has 29 heavy (non-hydrogen) atoms. The summed E-state index contributed by atoms with van der Waals surface area (Å²) in [5, 5.41) is 4.22. The molecule has 2 heterocycles. The molecule has 0 aliphatic rings. The van der Waals surface area contributed by atoms with E-state index in [2.05, 4.69) is 19.8 Å². The van der Waals surface area contributed by atoms with Gasteiger partial charge >= 0.3 is 12.1 Å². The van der Waals surface area contributed by atoms with Crippen LogP contribution in [0.3, 0.4) is 0 Å². The molecule has 0 radical (unpaired) electrons. The van der Waals surface area contributed by atoms with Crippen molar-refractivity contribution < 1.29 is 23.8 Å². The molecule has 0 saturated carbocycles. The van der Waals surface area contributed by atoms with Gasteiger partial charge in [-0.3, -0.25) is 19.4 Å². The smallest absolute Gasteiger partial charge is 0.416 e. The largest absolute Gasteiger partial charge is 0.496 e. The van der Waals surface area contributed by atoms with Crippen molar-refractivity contribution in [2.24, 2.45) is 0 Å². The number of nitrogens with one attached hydrogen (secondary N) is 1. The van der Waals surface area contributed by atoms with Crippen LogP contribution >= 0.6 is 0 Å². The molecule has 2 aromatic heterocycles. The highest BCUT2D eigenvalue weighted by molar-refractivity contribution is 5.90. The molecule has 0 unspecified atom stereocenters. The molecule has 0 fully saturated rings. The highest BCUT2D eigenvalue weighted by Crippen LogP contribution is 2.23. The van der Waals surface area contributed by atoms with Gasteiger partial charge in [0.15, 0.2) is 5.52 Å². The lowest BCUT2D eigenvalue weighted by Crippen LogP contribution is -2.30. The molecule has 152 valence electrons. The van der Waals surface area contributed by atoms with Gasteiger partial charge in [-0.25, -0.2) is 14.6 Å². The number of carbonyl (C=O) groups excluding carboxylic acids is 2.